The molecule has 1 aromatic rings. The fourth-order valence-electron chi connectivity index (χ4n) is 1.52. The number of hydrogen-bond donors (Lipinski definition) is 0. The van der Waals surface area contributed by atoms with E-state index in [0.717, 1.165) is 12.8 Å². The van der Waals surface area contributed by atoms with Crippen molar-refractivity contribution in [2.45, 2.75) is 32.3 Å². The molecule has 0 fully saturated rings. The van der Waals surface area contributed by atoms with Crippen LogP contribution in [0.1, 0.15) is 36.5 Å². The van der Waals surface area contributed by atoms with Gasteiger partial charge in [0.05, 0.1) is 12.7 Å². The molecule has 0 aliphatic rings. The first-order valence-electron chi connectivity index (χ1n) is 6.03. The molecule has 0 amide bonds. The average Bonchev–Trinajstić information content (AvgIpc) is 2.43. The number of ether oxygens (including phenoxy) is 2. The minimum atomic E-state index is -0.817. The number of methoxy groups -OCH3 is 1. The molecule has 4 heteroatoms. The predicted molar refractivity (Wildman–Crippen MR) is 67.2 cm³/mol. The number of unbranched alkanes of at least 4 members (excludes halogenated alkanes) is 1. The zero-order chi connectivity index (χ0) is 13.4. The summed E-state index contributed by atoms with van der Waals surface area (Å²) < 4.78 is 9.81. The minimum Gasteiger partial charge on any atom is -0.466 e. The monoisotopic (exact) mass is 250 g/mol. The predicted octanol–water partition coefficient (Wildman–Crippen LogP) is 2.58. The molecule has 18 heavy (non-hydrogen) atoms. The number of benzene rings is 1. The molecule has 0 bridgehead atoms. The van der Waals surface area contributed by atoms with Crippen molar-refractivity contribution < 1.29 is 19.1 Å². The molecule has 1 atom stereocenters. The van der Waals surface area contributed by atoms with Crippen LogP contribution < -0.4 is 0 Å². The molecule has 0 aliphatic carbocycles. The Morgan fingerprint density at radius 1 is 1.22 bits per heavy atom. The number of esters is 2. The highest BCUT2D eigenvalue weighted by atomic mass is 16.6. The quantitative estimate of drug-likeness (QED) is 0.728. The second-order valence-corrected chi connectivity index (χ2v) is 3.93. The van der Waals surface area contributed by atoms with Gasteiger partial charge in [0.15, 0.2) is 6.10 Å². The number of rotatable bonds is 6. The van der Waals surface area contributed by atoms with Crippen molar-refractivity contribution in [3.63, 3.8) is 0 Å². The molecule has 0 N–H and O–H groups in total. The van der Waals surface area contributed by atoms with Gasteiger partial charge >= 0.3 is 11.9 Å². The molecule has 1 unspecified atom stereocenters. The van der Waals surface area contributed by atoms with Crippen LogP contribution in [0.15, 0.2) is 30.3 Å². The summed E-state index contributed by atoms with van der Waals surface area (Å²) in [6.07, 6.45) is 1.41. The van der Waals surface area contributed by atoms with Gasteiger partial charge in [-0.15, -0.1) is 0 Å². The Kier molecular flexibility index (Phi) is 5.91. The summed E-state index contributed by atoms with van der Waals surface area (Å²) >= 11 is 0. The molecule has 0 saturated heterocycles. The van der Waals surface area contributed by atoms with Crippen LogP contribution in [-0.4, -0.2) is 25.2 Å². The number of carbonyl (C=O) groups is 2. The van der Waals surface area contributed by atoms with Crippen LogP contribution in [0.4, 0.5) is 0 Å². The summed E-state index contributed by atoms with van der Waals surface area (Å²) in [4.78, 5) is 23.3. The fraction of sp³-hybridized carbons (Fsp3) is 0.429. The zero-order valence-corrected chi connectivity index (χ0v) is 10.7. The third-order valence-corrected chi connectivity index (χ3v) is 2.54. The Labute approximate surface area is 107 Å². The molecule has 0 aromatic heterocycles. The SMILES string of the molecule is CCCCC(OC(=O)c1ccccc1)C(=O)OC. The highest BCUT2D eigenvalue weighted by molar-refractivity contribution is 5.91. The zero-order valence-electron chi connectivity index (χ0n) is 10.7. The molecule has 1 aromatic carbocycles. The Balaban J connectivity index is 2.65. The second kappa shape index (κ2) is 7.48. The average molecular weight is 250 g/mol. The lowest BCUT2D eigenvalue weighted by atomic mass is 10.1. The maximum atomic E-state index is 11.8. The van der Waals surface area contributed by atoms with Gasteiger partial charge in [-0.1, -0.05) is 31.5 Å². The largest absolute Gasteiger partial charge is 0.466 e. The van der Waals surface area contributed by atoms with Gasteiger partial charge in [0.25, 0.3) is 0 Å². The Hall–Kier alpha value is -1.84. The summed E-state index contributed by atoms with van der Waals surface area (Å²) in [5, 5.41) is 0. The van der Waals surface area contributed by atoms with E-state index in [1.165, 1.54) is 7.11 Å². The first-order chi connectivity index (χ1) is 8.69. The van der Waals surface area contributed by atoms with Crippen LogP contribution in [0.3, 0.4) is 0 Å². The molecule has 0 aliphatic heterocycles. The highest BCUT2D eigenvalue weighted by Gasteiger charge is 2.23. The van der Waals surface area contributed by atoms with Crippen molar-refractivity contribution in [1.82, 2.24) is 0 Å². The van der Waals surface area contributed by atoms with E-state index in [4.69, 9.17) is 4.74 Å². The van der Waals surface area contributed by atoms with Gasteiger partial charge in [-0.05, 0) is 25.0 Å². The van der Waals surface area contributed by atoms with Gasteiger partial charge in [-0.2, -0.15) is 0 Å². The van der Waals surface area contributed by atoms with E-state index in [2.05, 4.69) is 4.74 Å². The van der Waals surface area contributed by atoms with Crippen molar-refractivity contribution in [1.29, 1.82) is 0 Å². The summed E-state index contributed by atoms with van der Waals surface area (Å²) in [5.74, 6) is -1.00. The van der Waals surface area contributed by atoms with Gasteiger partial charge in [-0.25, -0.2) is 9.59 Å². The molecule has 0 spiro atoms. The van der Waals surface area contributed by atoms with Crippen LogP contribution in [0, 0.1) is 0 Å². The van der Waals surface area contributed by atoms with E-state index < -0.39 is 18.0 Å². The first kappa shape index (κ1) is 14.2. The van der Waals surface area contributed by atoms with Gasteiger partial charge in [0, 0.05) is 0 Å². The molecule has 1 rings (SSSR count). The second-order valence-electron chi connectivity index (χ2n) is 3.93. The van der Waals surface area contributed by atoms with Gasteiger partial charge in [0.1, 0.15) is 0 Å². The molecule has 0 heterocycles. The lowest BCUT2D eigenvalue weighted by molar-refractivity contribution is -0.151. The van der Waals surface area contributed by atoms with E-state index in [1.807, 2.05) is 13.0 Å². The number of hydrogen-bond acceptors (Lipinski definition) is 4. The lowest BCUT2D eigenvalue weighted by Crippen LogP contribution is -2.28. The molecule has 4 nitrogen and oxygen atoms in total. The van der Waals surface area contributed by atoms with Gasteiger partial charge < -0.3 is 9.47 Å². The molecule has 0 saturated carbocycles. The third-order valence-electron chi connectivity index (χ3n) is 2.54. The van der Waals surface area contributed by atoms with Crippen LogP contribution in [0.25, 0.3) is 0 Å². The van der Waals surface area contributed by atoms with Crippen molar-refractivity contribution in [3.8, 4) is 0 Å². The molecular weight excluding hydrogens is 232 g/mol. The van der Waals surface area contributed by atoms with Crippen LogP contribution in [0.5, 0.6) is 0 Å². The van der Waals surface area contributed by atoms with E-state index >= 15 is 0 Å². The summed E-state index contributed by atoms with van der Waals surface area (Å²) in [5.41, 5.74) is 0.433. The van der Waals surface area contributed by atoms with Gasteiger partial charge in [0.2, 0.25) is 0 Å². The normalized spacial score (nSPS) is 11.7. The van der Waals surface area contributed by atoms with Crippen LogP contribution in [0.2, 0.25) is 0 Å². The fourth-order valence-corrected chi connectivity index (χ4v) is 1.52. The standard InChI is InChI=1S/C14H18O4/c1-3-4-10-12(14(16)17-2)18-13(15)11-8-6-5-7-9-11/h5-9,12H,3-4,10H2,1-2H3. The maximum Gasteiger partial charge on any atom is 0.347 e. The van der Waals surface area contributed by atoms with Crippen molar-refractivity contribution in [2.75, 3.05) is 7.11 Å². The van der Waals surface area contributed by atoms with Crippen molar-refractivity contribution in [3.05, 3.63) is 35.9 Å². The van der Waals surface area contributed by atoms with E-state index in [9.17, 15) is 9.59 Å². The van der Waals surface area contributed by atoms with Gasteiger partial charge in [-0.3, -0.25) is 0 Å². The Bertz CT molecular complexity index is 386. The van der Waals surface area contributed by atoms with Crippen molar-refractivity contribution >= 4 is 11.9 Å². The molecule has 0 radical (unpaired) electrons. The first-order valence-corrected chi connectivity index (χ1v) is 6.03. The Morgan fingerprint density at radius 2 is 1.89 bits per heavy atom. The topological polar surface area (TPSA) is 52.6 Å². The van der Waals surface area contributed by atoms with E-state index in [0.29, 0.717) is 12.0 Å². The van der Waals surface area contributed by atoms with Crippen molar-refractivity contribution in [2.24, 2.45) is 0 Å². The van der Waals surface area contributed by atoms with Crippen LogP contribution in [-0.2, 0) is 14.3 Å². The maximum absolute atomic E-state index is 11.8. The van der Waals surface area contributed by atoms with Crippen LogP contribution >= 0.6 is 0 Å². The minimum absolute atomic E-state index is 0.433. The lowest BCUT2D eigenvalue weighted by Gasteiger charge is -2.15. The van der Waals surface area contributed by atoms with E-state index in [-0.39, 0.29) is 0 Å². The molecular formula is C14H18O4. The smallest absolute Gasteiger partial charge is 0.347 e. The number of carbonyl (C=O) groups excluding carboxylic acids is 2. The van der Waals surface area contributed by atoms with E-state index in [1.54, 1.807) is 24.3 Å². The highest BCUT2D eigenvalue weighted by Crippen LogP contribution is 2.10. The third kappa shape index (κ3) is 4.20. The molecule has 98 valence electrons. The Morgan fingerprint density at radius 3 is 2.44 bits per heavy atom. The summed E-state index contributed by atoms with van der Waals surface area (Å²) in [6, 6.07) is 8.60. The summed E-state index contributed by atoms with van der Waals surface area (Å²) in [7, 11) is 1.29. The summed E-state index contributed by atoms with van der Waals surface area (Å²) in [6.45, 7) is 2.01.